The average molecular weight is 967 g/mol. The molecule has 5 aliphatic rings. The zero-order chi connectivity index (χ0) is 50.1. The van der Waals surface area contributed by atoms with E-state index in [1.807, 2.05) is 6.92 Å². The fourth-order valence-electron chi connectivity index (χ4n) is 12.5. The lowest BCUT2D eigenvalue weighted by atomic mass is 9.55. The summed E-state index contributed by atoms with van der Waals surface area (Å²) in [4.78, 5) is 0. The van der Waals surface area contributed by atoms with Gasteiger partial charge in [0.2, 0.25) is 0 Å². The molecule has 5 fully saturated rings. The van der Waals surface area contributed by atoms with Crippen LogP contribution in [0.2, 0.25) is 0 Å². The lowest BCUT2D eigenvalue weighted by Gasteiger charge is -2.52. The van der Waals surface area contributed by atoms with Crippen molar-refractivity contribution >= 4 is 0 Å². The van der Waals surface area contributed by atoms with Gasteiger partial charge in [-0.2, -0.15) is 0 Å². The van der Waals surface area contributed by atoms with Crippen LogP contribution in [0.15, 0.2) is 11.6 Å². The largest absolute Gasteiger partial charge is 0.396 e. The lowest BCUT2D eigenvalue weighted by Crippen LogP contribution is -2.62. The van der Waals surface area contributed by atoms with Crippen molar-refractivity contribution in [3.05, 3.63) is 11.6 Å². The van der Waals surface area contributed by atoms with E-state index in [4.69, 9.17) is 28.4 Å². The van der Waals surface area contributed by atoms with Crippen LogP contribution >= 0.6 is 0 Å². The Morgan fingerprint density at radius 2 is 1.19 bits per heavy atom. The van der Waals surface area contributed by atoms with Crippen molar-refractivity contribution in [2.45, 2.75) is 224 Å². The van der Waals surface area contributed by atoms with E-state index in [0.29, 0.717) is 25.7 Å². The summed E-state index contributed by atoms with van der Waals surface area (Å²) in [5.41, 5.74) is -1.14. The summed E-state index contributed by atoms with van der Waals surface area (Å²) in [6.07, 6.45) is -16.0. The van der Waals surface area contributed by atoms with Gasteiger partial charge in [0.05, 0.1) is 37.6 Å². The molecule has 13 N–H and O–H groups in total. The second kappa shape index (κ2) is 22.8. The fraction of sp³-hybridized carbons (Fsp3) is 0.958. The second-order valence-corrected chi connectivity index (χ2v) is 22.1. The first-order chi connectivity index (χ1) is 31.2. The lowest BCUT2D eigenvalue weighted by molar-refractivity contribution is -0.341. The molecule has 5 rings (SSSR count). The summed E-state index contributed by atoms with van der Waals surface area (Å²) < 4.78 is 35.2. The van der Waals surface area contributed by atoms with Crippen molar-refractivity contribution in [2.75, 3.05) is 26.4 Å². The minimum atomic E-state index is -1.75. The number of aliphatic hydroxyl groups excluding tert-OH is 12. The van der Waals surface area contributed by atoms with Crippen molar-refractivity contribution in [1.29, 1.82) is 0 Å². The van der Waals surface area contributed by atoms with Gasteiger partial charge in [0, 0.05) is 12.0 Å². The van der Waals surface area contributed by atoms with Crippen LogP contribution in [0.5, 0.6) is 0 Å². The highest BCUT2D eigenvalue weighted by Gasteiger charge is 2.57. The van der Waals surface area contributed by atoms with E-state index in [1.54, 1.807) is 13.8 Å². The van der Waals surface area contributed by atoms with Crippen LogP contribution < -0.4 is 0 Å². The van der Waals surface area contributed by atoms with Gasteiger partial charge in [-0.1, -0.05) is 53.2 Å². The van der Waals surface area contributed by atoms with Crippen molar-refractivity contribution in [2.24, 2.45) is 39.9 Å². The van der Waals surface area contributed by atoms with Crippen molar-refractivity contribution in [1.82, 2.24) is 0 Å². The Balaban J connectivity index is 1.23. The maximum absolute atomic E-state index is 11.4. The summed E-state index contributed by atoms with van der Waals surface area (Å²) in [5.74, 6) is 0.747. The third-order valence-electron chi connectivity index (χ3n) is 17.0. The third kappa shape index (κ3) is 11.8. The first-order valence-corrected chi connectivity index (χ1v) is 24.5. The predicted octanol–water partition coefficient (Wildman–Crippen LogP) is -0.418. The molecule has 0 radical (unpaired) electrons. The topological polar surface area (TPSA) is 318 Å². The van der Waals surface area contributed by atoms with Crippen LogP contribution in [-0.4, -0.2) is 203 Å². The second-order valence-electron chi connectivity index (χ2n) is 22.1. The molecular weight excluding hydrogens is 881 g/mol. The molecule has 19 heteroatoms. The van der Waals surface area contributed by atoms with Gasteiger partial charge in [-0.05, 0) is 107 Å². The standard InChI is InChI=1S/C48H86O19/c1-10-26-25(12-14-31(45(26,4)5)66-43-40(59)37(56)34(53)29(21-51)64-43)24(3)19-47(8)16-15-27(48(47,9)17-18-49)23(2)11-13-32(46(6,7)61)67-44-41(60)38(57)35(54)30(65-44)22-62-42-39(58)36(55)33(52)28(20-50)63-42/h10,23-25,27-44,49-61H,11-22H2,1-9H3/b26-10+/t23-,24+,25+,27-,28-,29-,30-,31+,32-,33-,34-,35-,36+,37+,38+,39-,40-,41-,42-,43+,44+,47+,48-/m1/s1. The van der Waals surface area contributed by atoms with Crippen LogP contribution in [0.3, 0.4) is 0 Å². The van der Waals surface area contributed by atoms with Crippen LogP contribution in [0, 0.1) is 39.9 Å². The molecule has 67 heavy (non-hydrogen) atoms. The zero-order valence-electron chi connectivity index (χ0n) is 41.0. The summed E-state index contributed by atoms with van der Waals surface area (Å²) in [6, 6.07) is 0. The van der Waals surface area contributed by atoms with Gasteiger partial charge in [0.15, 0.2) is 18.9 Å². The molecule has 3 heterocycles. The molecule has 0 aromatic heterocycles. The van der Waals surface area contributed by atoms with Crippen molar-refractivity contribution in [3.63, 3.8) is 0 Å². The normalized spacial score (nSPS) is 46.1. The van der Waals surface area contributed by atoms with Crippen LogP contribution in [0.4, 0.5) is 0 Å². The minimum Gasteiger partial charge on any atom is -0.396 e. The van der Waals surface area contributed by atoms with Crippen LogP contribution in [-0.2, 0) is 28.4 Å². The molecule has 392 valence electrons. The molecule has 3 aliphatic heterocycles. The number of allylic oxidation sites excluding steroid dienone is 1. The Morgan fingerprint density at radius 3 is 1.73 bits per heavy atom. The number of hydrogen-bond donors (Lipinski definition) is 13. The molecule has 23 atom stereocenters. The molecule has 3 saturated heterocycles. The Morgan fingerprint density at radius 1 is 0.672 bits per heavy atom. The van der Waals surface area contributed by atoms with Gasteiger partial charge in [0.1, 0.15) is 73.2 Å². The minimum absolute atomic E-state index is 0.0129. The SMILES string of the molecule is C/C=C1\[C@H]([C@@H](C)C[C@]2(C)CC[C@H]([C@H](C)CC[C@@H](O[C@@H]3O[C@H](CO[C@@H]4O[C@H](CO)[C@@H](O)[C@H](O)[C@H]4O)[C@@H](O)[C@H](O)[C@H]3O)C(C)(C)O)[C@@]2(C)CCO)CC[C@H](O[C@@H]2O[C@H](CO)[C@@H](O)[C@H](O)[C@H]2O)C1(C)C. The van der Waals surface area contributed by atoms with E-state index < -0.39 is 129 Å². The van der Waals surface area contributed by atoms with Gasteiger partial charge in [-0.3, -0.25) is 0 Å². The highest BCUT2D eigenvalue weighted by molar-refractivity contribution is 5.22. The van der Waals surface area contributed by atoms with Crippen molar-refractivity contribution in [3.8, 4) is 0 Å². The molecule has 0 amide bonds. The van der Waals surface area contributed by atoms with E-state index in [1.165, 1.54) is 5.57 Å². The van der Waals surface area contributed by atoms with Gasteiger partial charge < -0.3 is 94.8 Å². The zero-order valence-corrected chi connectivity index (χ0v) is 41.0. The summed E-state index contributed by atoms with van der Waals surface area (Å²) in [6.45, 7) is 16.7. The van der Waals surface area contributed by atoms with E-state index >= 15 is 0 Å². The smallest absolute Gasteiger partial charge is 0.187 e. The quantitative estimate of drug-likeness (QED) is 0.0732. The first kappa shape index (κ1) is 56.9. The Kier molecular flexibility index (Phi) is 19.4. The van der Waals surface area contributed by atoms with Gasteiger partial charge in [-0.15, -0.1) is 0 Å². The number of hydrogen-bond acceptors (Lipinski definition) is 19. The maximum atomic E-state index is 11.4. The van der Waals surface area contributed by atoms with Crippen LogP contribution in [0.1, 0.15) is 114 Å². The molecule has 19 nitrogen and oxygen atoms in total. The van der Waals surface area contributed by atoms with E-state index in [9.17, 15) is 66.4 Å². The molecule has 0 aromatic rings. The van der Waals surface area contributed by atoms with Crippen molar-refractivity contribution < 1.29 is 94.8 Å². The van der Waals surface area contributed by atoms with E-state index in [2.05, 4.69) is 47.6 Å². The van der Waals surface area contributed by atoms with Gasteiger partial charge in [0.25, 0.3) is 0 Å². The number of aliphatic hydroxyl groups is 13. The molecule has 0 unspecified atom stereocenters. The summed E-state index contributed by atoms with van der Waals surface area (Å²) >= 11 is 0. The molecular formula is C48H86O19. The summed E-state index contributed by atoms with van der Waals surface area (Å²) in [7, 11) is 0. The molecule has 2 saturated carbocycles. The highest BCUT2D eigenvalue weighted by Crippen LogP contribution is 2.64. The molecule has 0 aromatic carbocycles. The Labute approximate surface area is 395 Å². The molecule has 0 spiro atoms. The Hall–Kier alpha value is -1.02. The monoisotopic (exact) mass is 967 g/mol. The Bertz CT molecular complexity index is 1580. The number of rotatable bonds is 19. The molecule has 0 bridgehead atoms. The summed E-state index contributed by atoms with van der Waals surface area (Å²) in [5, 5.41) is 136. The predicted molar refractivity (Wildman–Crippen MR) is 239 cm³/mol. The van der Waals surface area contributed by atoms with Gasteiger partial charge >= 0.3 is 0 Å². The fourth-order valence-corrected chi connectivity index (χ4v) is 12.5. The first-order valence-electron chi connectivity index (χ1n) is 24.5. The maximum Gasteiger partial charge on any atom is 0.187 e. The van der Waals surface area contributed by atoms with E-state index in [0.717, 1.165) is 25.7 Å². The molecule has 2 aliphatic carbocycles. The average Bonchev–Trinajstić information content (AvgIpc) is 3.52. The number of ether oxygens (including phenoxy) is 6. The van der Waals surface area contributed by atoms with Crippen LogP contribution in [0.25, 0.3) is 0 Å². The third-order valence-corrected chi connectivity index (χ3v) is 17.0. The van der Waals surface area contributed by atoms with Gasteiger partial charge in [-0.25, -0.2) is 0 Å². The highest BCUT2D eigenvalue weighted by atomic mass is 16.7. The van der Waals surface area contributed by atoms with E-state index in [-0.39, 0.29) is 47.2 Å².